The van der Waals surface area contributed by atoms with E-state index in [9.17, 15) is 9.59 Å². The molecule has 0 aliphatic heterocycles. The highest BCUT2D eigenvalue weighted by atomic mass is 16.5. The molecule has 0 saturated heterocycles. The number of rotatable bonds is 9. The van der Waals surface area contributed by atoms with Gasteiger partial charge in [0.25, 0.3) is 11.8 Å². The zero-order valence-electron chi connectivity index (χ0n) is 16.9. The predicted octanol–water partition coefficient (Wildman–Crippen LogP) is 2.43. The third-order valence-electron chi connectivity index (χ3n) is 3.89. The lowest BCUT2D eigenvalue weighted by atomic mass is 10.2. The molecule has 3 N–H and O–H groups in total. The second-order valence-corrected chi connectivity index (χ2v) is 6.45. The minimum absolute atomic E-state index is 0.00764. The number of amides is 2. The lowest BCUT2D eigenvalue weighted by Gasteiger charge is -2.16. The van der Waals surface area contributed by atoms with Crippen LogP contribution in [0.25, 0.3) is 0 Å². The molecule has 0 spiro atoms. The van der Waals surface area contributed by atoms with Gasteiger partial charge in [0.15, 0.2) is 0 Å². The van der Waals surface area contributed by atoms with Crippen molar-refractivity contribution >= 4 is 17.6 Å². The van der Waals surface area contributed by atoms with Gasteiger partial charge in [-0.15, -0.1) is 0 Å². The van der Waals surface area contributed by atoms with Crippen molar-refractivity contribution in [1.29, 1.82) is 0 Å². The number of hydrogen-bond acceptors (Lipinski definition) is 8. The first-order chi connectivity index (χ1) is 14.9. The quantitative estimate of drug-likeness (QED) is 0.535. The van der Waals surface area contributed by atoms with E-state index in [2.05, 4.69) is 20.3 Å². The van der Waals surface area contributed by atoms with Gasteiger partial charge in [-0.2, -0.15) is 0 Å². The number of anilines is 1. The van der Waals surface area contributed by atoms with Crippen molar-refractivity contribution in [3.05, 3.63) is 66.2 Å². The fourth-order valence-corrected chi connectivity index (χ4v) is 2.57. The third kappa shape index (κ3) is 6.21. The molecule has 2 heterocycles. The molecule has 0 fully saturated rings. The molecule has 3 aromatic rings. The molecule has 2 aromatic heterocycles. The SMILES string of the molecule is COC[C@H](C)Oc1cc(Oc2cnc(C(N)=O)cn2)cc(C(=O)Nc2ccccn2)c1. The summed E-state index contributed by atoms with van der Waals surface area (Å²) in [4.78, 5) is 35.9. The molecule has 10 heteroatoms. The molecule has 0 radical (unpaired) electrons. The van der Waals surface area contributed by atoms with E-state index in [0.29, 0.717) is 18.2 Å². The van der Waals surface area contributed by atoms with Crippen LogP contribution in [0.4, 0.5) is 5.82 Å². The number of hydrogen-bond donors (Lipinski definition) is 2. The van der Waals surface area contributed by atoms with Crippen molar-refractivity contribution < 1.29 is 23.8 Å². The monoisotopic (exact) mass is 423 g/mol. The molecular weight excluding hydrogens is 402 g/mol. The number of nitrogens with one attached hydrogen (secondary N) is 1. The van der Waals surface area contributed by atoms with Gasteiger partial charge in [0.05, 0.1) is 19.0 Å². The van der Waals surface area contributed by atoms with Crippen molar-refractivity contribution in [3.8, 4) is 17.4 Å². The highest BCUT2D eigenvalue weighted by Crippen LogP contribution is 2.27. The number of pyridine rings is 1. The normalized spacial score (nSPS) is 11.4. The number of carbonyl (C=O) groups is 2. The van der Waals surface area contributed by atoms with E-state index in [1.807, 2.05) is 6.92 Å². The minimum Gasteiger partial charge on any atom is -0.488 e. The zero-order chi connectivity index (χ0) is 22.2. The van der Waals surface area contributed by atoms with Crippen molar-refractivity contribution in [3.63, 3.8) is 0 Å². The Morgan fingerprint density at radius 2 is 1.90 bits per heavy atom. The average Bonchev–Trinajstić information content (AvgIpc) is 2.75. The highest BCUT2D eigenvalue weighted by Gasteiger charge is 2.14. The standard InChI is InChI=1S/C21H21N5O5/c1-13(12-29-2)30-15-7-14(21(28)26-18-5-3-4-6-23-18)8-16(9-15)31-19-11-24-17(10-25-19)20(22)27/h3-11,13H,12H2,1-2H3,(H2,22,27)(H,23,26,28)/t13-/m0/s1. The minimum atomic E-state index is -0.699. The summed E-state index contributed by atoms with van der Waals surface area (Å²) in [5.74, 6) is 0.105. The number of primary amides is 1. The van der Waals surface area contributed by atoms with Crippen molar-refractivity contribution in [1.82, 2.24) is 15.0 Å². The Balaban J connectivity index is 1.86. The van der Waals surface area contributed by atoms with Crippen LogP contribution < -0.4 is 20.5 Å². The fourth-order valence-electron chi connectivity index (χ4n) is 2.57. The second kappa shape index (κ2) is 10.1. The van der Waals surface area contributed by atoms with Crippen LogP contribution in [0.3, 0.4) is 0 Å². The Hall–Kier alpha value is -4.05. The van der Waals surface area contributed by atoms with Crippen molar-refractivity contribution in [2.24, 2.45) is 5.73 Å². The molecule has 0 saturated carbocycles. The Morgan fingerprint density at radius 1 is 1.10 bits per heavy atom. The van der Waals surface area contributed by atoms with Gasteiger partial charge in [0.1, 0.15) is 29.1 Å². The number of nitrogens with two attached hydrogens (primary N) is 1. The maximum atomic E-state index is 12.7. The number of aromatic nitrogens is 3. The summed E-state index contributed by atoms with van der Waals surface area (Å²) in [5, 5.41) is 2.71. The van der Waals surface area contributed by atoms with Crippen LogP contribution in [0.2, 0.25) is 0 Å². The summed E-state index contributed by atoms with van der Waals surface area (Å²) in [7, 11) is 1.57. The molecule has 3 rings (SSSR count). The summed E-state index contributed by atoms with van der Waals surface area (Å²) >= 11 is 0. The Morgan fingerprint density at radius 3 is 2.55 bits per heavy atom. The third-order valence-corrected chi connectivity index (χ3v) is 3.89. The first-order valence-corrected chi connectivity index (χ1v) is 9.27. The topological polar surface area (TPSA) is 139 Å². The molecule has 1 aromatic carbocycles. The van der Waals surface area contributed by atoms with Crippen LogP contribution in [0.5, 0.6) is 17.4 Å². The average molecular weight is 423 g/mol. The molecule has 2 amide bonds. The molecule has 0 aliphatic rings. The van der Waals surface area contributed by atoms with E-state index in [0.717, 1.165) is 0 Å². The molecule has 1 atom stereocenters. The van der Waals surface area contributed by atoms with Gasteiger partial charge in [-0.3, -0.25) is 9.59 Å². The maximum absolute atomic E-state index is 12.7. The highest BCUT2D eigenvalue weighted by molar-refractivity contribution is 6.04. The van der Waals surface area contributed by atoms with Gasteiger partial charge < -0.3 is 25.3 Å². The van der Waals surface area contributed by atoms with Gasteiger partial charge in [-0.25, -0.2) is 15.0 Å². The Bertz CT molecular complexity index is 1040. The molecule has 10 nitrogen and oxygen atoms in total. The van der Waals surface area contributed by atoms with Crippen LogP contribution in [0.15, 0.2) is 55.0 Å². The predicted molar refractivity (Wildman–Crippen MR) is 111 cm³/mol. The summed E-state index contributed by atoms with van der Waals surface area (Å²) in [6.45, 7) is 2.19. The van der Waals surface area contributed by atoms with E-state index in [-0.39, 0.29) is 29.0 Å². The Kier molecular flexibility index (Phi) is 7.07. The van der Waals surface area contributed by atoms with Crippen LogP contribution in [-0.2, 0) is 4.74 Å². The maximum Gasteiger partial charge on any atom is 0.268 e. The number of methoxy groups -OCH3 is 1. The van der Waals surface area contributed by atoms with E-state index in [4.69, 9.17) is 19.9 Å². The van der Waals surface area contributed by atoms with Gasteiger partial charge in [0, 0.05) is 24.9 Å². The van der Waals surface area contributed by atoms with Crippen LogP contribution >= 0.6 is 0 Å². The van der Waals surface area contributed by atoms with E-state index >= 15 is 0 Å². The summed E-state index contributed by atoms with van der Waals surface area (Å²) in [6, 6.07) is 9.89. The summed E-state index contributed by atoms with van der Waals surface area (Å²) in [6.07, 6.45) is 3.77. The largest absolute Gasteiger partial charge is 0.488 e. The van der Waals surface area contributed by atoms with E-state index in [1.54, 1.807) is 43.6 Å². The lowest BCUT2D eigenvalue weighted by molar-refractivity contribution is 0.0915. The molecule has 0 aliphatic carbocycles. The van der Waals surface area contributed by atoms with E-state index in [1.165, 1.54) is 18.5 Å². The zero-order valence-corrected chi connectivity index (χ0v) is 16.9. The molecule has 0 bridgehead atoms. The van der Waals surface area contributed by atoms with Crippen molar-refractivity contribution in [2.75, 3.05) is 19.0 Å². The van der Waals surface area contributed by atoms with Gasteiger partial charge in [-0.1, -0.05) is 6.07 Å². The second-order valence-electron chi connectivity index (χ2n) is 6.45. The van der Waals surface area contributed by atoms with Crippen LogP contribution in [0, 0.1) is 0 Å². The van der Waals surface area contributed by atoms with Crippen LogP contribution in [-0.4, -0.2) is 46.6 Å². The van der Waals surface area contributed by atoms with Gasteiger partial charge >= 0.3 is 0 Å². The van der Waals surface area contributed by atoms with E-state index < -0.39 is 11.8 Å². The summed E-state index contributed by atoms with van der Waals surface area (Å²) < 4.78 is 16.6. The Labute approximate surface area is 178 Å². The lowest BCUT2D eigenvalue weighted by Crippen LogP contribution is -2.19. The molecular formula is C21H21N5O5. The van der Waals surface area contributed by atoms with Crippen molar-refractivity contribution in [2.45, 2.75) is 13.0 Å². The number of nitrogens with zero attached hydrogens (tertiary/aromatic N) is 3. The number of carbonyl (C=O) groups excluding carboxylic acids is 2. The first-order valence-electron chi connectivity index (χ1n) is 9.27. The first kappa shape index (κ1) is 21.7. The molecule has 0 unspecified atom stereocenters. The summed E-state index contributed by atoms with van der Waals surface area (Å²) in [5.41, 5.74) is 5.45. The number of benzene rings is 1. The molecule has 31 heavy (non-hydrogen) atoms. The van der Waals surface area contributed by atoms with Gasteiger partial charge in [-0.05, 0) is 31.2 Å². The smallest absolute Gasteiger partial charge is 0.268 e. The van der Waals surface area contributed by atoms with Gasteiger partial charge in [0.2, 0.25) is 5.88 Å². The fraction of sp³-hybridized carbons (Fsp3) is 0.190. The number of ether oxygens (including phenoxy) is 3. The molecule has 160 valence electrons. The van der Waals surface area contributed by atoms with Crippen LogP contribution in [0.1, 0.15) is 27.8 Å².